The molecule has 0 aliphatic heterocycles. The number of carbonyl (C=O) groups is 1. The summed E-state index contributed by atoms with van der Waals surface area (Å²) in [5.74, 6) is 0.828. The Labute approximate surface area is 103 Å². The number of hydrogen-bond donors (Lipinski definition) is 1. The molecular weight excluding hydrogens is 214 g/mol. The fraction of sp³-hybridized carbons (Fsp3) is 0.500. The summed E-state index contributed by atoms with van der Waals surface area (Å²) >= 11 is 0. The molecule has 0 bridgehead atoms. The molecule has 0 radical (unpaired) electrons. The Balaban J connectivity index is 2.84. The highest BCUT2D eigenvalue weighted by Gasteiger charge is 2.12. The van der Waals surface area contributed by atoms with Gasteiger partial charge in [0.15, 0.2) is 0 Å². The molecule has 0 spiro atoms. The first-order valence-corrected chi connectivity index (χ1v) is 6.04. The molecule has 0 saturated heterocycles. The topological polar surface area (TPSA) is 38.3 Å². The standard InChI is InChI=1S/C14H21NO2/c1-5-6-9-15-14(16)12-7-8-13(17-4)11(3)10(12)2/h7-8H,5-6,9H2,1-4H3,(H,15,16). The predicted octanol–water partition coefficient (Wildman–Crippen LogP) is 2.84. The minimum Gasteiger partial charge on any atom is -0.496 e. The summed E-state index contributed by atoms with van der Waals surface area (Å²) in [7, 11) is 1.64. The lowest BCUT2D eigenvalue weighted by molar-refractivity contribution is 0.0952. The van der Waals surface area contributed by atoms with E-state index in [1.165, 1.54) is 0 Å². The monoisotopic (exact) mass is 235 g/mol. The third-order valence-corrected chi connectivity index (χ3v) is 3.02. The first-order valence-electron chi connectivity index (χ1n) is 6.04. The van der Waals surface area contributed by atoms with Crippen molar-refractivity contribution in [1.29, 1.82) is 0 Å². The maximum absolute atomic E-state index is 11.9. The van der Waals surface area contributed by atoms with Gasteiger partial charge in [-0.25, -0.2) is 0 Å². The summed E-state index contributed by atoms with van der Waals surface area (Å²) in [6, 6.07) is 3.67. The molecule has 3 nitrogen and oxygen atoms in total. The summed E-state index contributed by atoms with van der Waals surface area (Å²) in [5.41, 5.74) is 2.74. The van der Waals surface area contributed by atoms with Crippen LogP contribution in [0.2, 0.25) is 0 Å². The molecule has 0 saturated carbocycles. The van der Waals surface area contributed by atoms with Gasteiger partial charge in [-0.3, -0.25) is 4.79 Å². The van der Waals surface area contributed by atoms with E-state index in [2.05, 4.69) is 12.2 Å². The average Bonchev–Trinajstić information content (AvgIpc) is 2.32. The van der Waals surface area contributed by atoms with E-state index in [-0.39, 0.29) is 5.91 Å². The third kappa shape index (κ3) is 3.22. The van der Waals surface area contributed by atoms with Crippen LogP contribution in [0.25, 0.3) is 0 Å². The SMILES string of the molecule is CCCCNC(=O)c1ccc(OC)c(C)c1C. The molecule has 0 aromatic heterocycles. The average molecular weight is 235 g/mol. The molecule has 1 aromatic carbocycles. The Morgan fingerprint density at radius 3 is 2.59 bits per heavy atom. The highest BCUT2D eigenvalue weighted by molar-refractivity contribution is 5.96. The van der Waals surface area contributed by atoms with Gasteiger partial charge in [-0.1, -0.05) is 13.3 Å². The number of rotatable bonds is 5. The molecule has 3 heteroatoms. The van der Waals surface area contributed by atoms with E-state index in [0.717, 1.165) is 41.8 Å². The van der Waals surface area contributed by atoms with Crippen LogP contribution >= 0.6 is 0 Å². The number of hydrogen-bond acceptors (Lipinski definition) is 2. The van der Waals surface area contributed by atoms with Crippen LogP contribution in [0.1, 0.15) is 41.3 Å². The quantitative estimate of drug-likeness (QED) is 0.797. The normalized spacial score (nSPS) is 10.1. The van der Waals surface area contributed by atoms with E-state index in [9.17, 15) is 4.79 Å². The second-order valence-corrected chi connectivity index (χ2v) is 4.17. The van der Waals surface area contributed by atoms with Crippen molar-refractivity contribution in [3.63, 3.8) is 0 Å². The third-order valence-electron chi connectivity index (χ3n) is 3.02. The molecule has 17 heavy (non-hydrogen) atoms. The zero-order chi connectivity index (χ0) is 12.8. The lowest BCUT2D eigenvalue weighted by atomic mass is 10.0. The Hall–Kier alpha value is -1.51. The van der Waals surface area contributed by atoms with Gasteiger partial charge < -0.3 is 10.1 Å². The summed E-state index contributed by atoms with van der Waals surface area (Å²) in [4.78, 5) is 11.9. The van der Waals surface area contributed by atoms with Crippen molar-refractivity contribution in [2.45, 2.75) is 33.6 Å². The van der Waals surface area contributed by atoms with Gasteiger partial charge in [0.05, 0.1) is 7.11 Å². The van der Waals surface area contributed by atoms with E-state index in [4.69, 9.17) is 4.74 Å². The van der Waals surface area contributed by atoms with Crippen molar-refractivity contribution in [3.8, 4) is 5.75 Å². The van der Waals surface area contributed by atoms with Gasteiger partial charge in [-0.05, 0) is 43.5 Å². The first-order chi connectivity index (χ1) is 8.11. The Bertz CT molecular complexity index is 399. The number of benzene rings is 1. The number of amides is 1. The van der Waals surface area contributed by atoms with Gasteiger partial charge in [-0.2, -0.15) is 0 Å². The van der Waals surface area contributed by atoms with Crippen LogP contribution < -0.4 is 10.1 Å². The fourth-order valence-corrected chi connectivity index (χ4v) is 1.74. The van der Waals surface area contributed by atoms with Crippen molar-refractivity contribution in [2.24, 2.45) is 0 Å². The van der Waals surface area contributed by atoms with Crippen LogP contribution in [-0.4, -0.2) is 19.6 Å². The first kappa shape index (κ1) is 13.6. The second kappa shape index (κ2) is 6.28. The van der Waals surface area contributed by atoms with E-state index in [1.807, 2.05) is 26.0 Å². The highest BCUT2D eigenvalue weighted by atomic mass is 16.5. The van der Waals surface area contributed by atoms with Crippen LogP contribution in [-0.2, 0) is 0 Å². The number of carbonyl (C=O) groups excluding carboxylic acids is 1. The molecule has 1 aromatic rings. The maximum atomic E-state index is 11.9. The minimum atomic E-state index is 0.00158. The van der Waals surface area contributed by atoms with E-state index in [1.54, 1.807) is 7.11 Å². The van der Waals surface area contributed by atoms with Crippen LogP contribution in [0, 0.1) is 13.8 Å². The van der Waals surface area contributed by atoms with Gasteiger partial charge >= 0.3 is 0 Å². The molecule has 1 amide bonds. The van der Waals surface area contributed by atoms with Crippen LogP contribution in [0.3, 0.4) is 0 Å². The van der Waals surface area contributed by atoms with Crippen molar-refractivity contribution in [2.75, 3.05) is 13.7 Å². The van der Waals surface area contributed by atoms with Gasteiger partial charge in [0.2, 0.25) is 0 Å². The number of methoxy groups -OCH3 is 1. The van der Waals surface area contributed by atoms with Crippen molar-refractivity contribution in [1.82, 2.24) is 5.32 Å². The Morgan fingerprint density at radius 2 is 2.00 bits per heavy atom. The second-order valence-electron chi connectivity index (χ2n) is 4.17. The molecule has 0 heterocycles. The predicted molar refractivity (Wildman–Crippen MR) is 69.7 cm³/mol. The highest BCUT2D eigenvalue weighted by Crippen LogP contribution is 2.23. The van der Waals surface area contributed by atoms with E-state index < -0.39 is 0 Å². The van der Waals surface area contributed by atoms with Crippen LogP contribution in [0.4, 0.5) is 0 Å². The van der Waals surface area contributed by atoms with Gasteiger partial charge in [0.1, 0.15) is 5.75 Å². The van der Waals surface area contributed by atoms with E-state index in [0.29, 0.717) is 0 Å². The molecule has 1 N–H and O–H groups in total. The van der Waals surface area contributed by atoms with E-state index >= 15 is 0 Å². The molecule has 1 rings (SSSR count). The summed E-state index contributed by atoms with van der Waals surface area (Å²) in [6.07, 6.45) is 2.10. The van der Waals surface area contributed by atoms with Gasteiger partial charge in [-0.15, -0.1) is 0 Å². The summed E-state index contributed by atoms with van der Waals surface area (Å²) in [5, 5.41) is 2.93. The largest absolute Gasteiger partial charge is 0.496 e. The van der Waals surface area contributed by atoms with Crippen molar-refractivity contribution >= 4 is 5.91 Å². The van der Waals surface area contributed by atoms with Gasteiger partial charge in [0, 0.05) is 12.1 Å². The maximum Gasteiger partial charge on any atom is 0.251 e. The number of nitrogens with one attached hydrogen (secondary N) is 1. The zero-order valence-corrected chi connectivity index (χ0v) is 11.1. The smallest absolute Gasteiger partial charge is 0.251 e. The molecule has 94 valence electrons. The summed E-state index contributed by atoms with van der Waals surface area (Å²) in [6.45, 7) is 6.76. The molecule has 0 aliphatic carbocycles. The Morgan fingerprint density at radius 1 is 1.29 bits per heavy atom. The molecule has 0 atom stereocenters. The minimum absolute atomic E-state index is 0.00158. The molecule has 0 fully saturated rings. The molecule has 0 aliphatic rings. The Kier molecular flexibility index (Phi) is 5.01. The van der Waals surface area contributed by atoms with Crippen LogP contribution in [0.5, 0.6) is 5.75 Å². The summed E-state index contributed by atoms with van der Waals surface area (Å²) < 4.78 is 5.23. The lowest BCUT2D eigenvalue weighted by Crippen LogP contribution is -2.25. The van der Waals surface area contributed by atoms with Gasteiger partial charge in [0.25, 0.3) is 5.91 Å². The zero-order valence-electron chi connectivity index (χ0n) is 11.1. The molecule has 0 unspecified atom stereocenters. The number of ether oxygens (including phenoxy) is 1. The van der Waals surface area contributed by atoms with Crippen molar-refractivity contribution in [3.05, 3.63) is 28.8 Å². The molecular formula is C14H21NO2. The lowest BCUT2D eigenvalue weighted by Gasteiger charge is -2.12. The number of unbranched alkanes of at least 4 members (excludes halogenated alkanes) is 1. The fourth-order valence-electron chi connectivity index (χ4n) is 1.74. The van der Waals surface area contributed by atoms with Crippen LogP contribution in [0.15, 0.2) is 12.1 Å². The van der Waals surface area contributed by atoms with Crippen molar-refractivity contribution < 1.29 is 9.53 Å².